The lowest BCUT2D eigenvalue weighted by atomic mass is 10.1. The van der Waals surface area contributed by atoms with Crippen molar-refractivity contribution in [3.63, 3.8) is 0 Å². The number of para-hydroxylation sites is 1. The fourth-order valence-corrected chi connectivity index (χ4v) is 5.48. The van der Waals surface area contributed by atoms with Crippen LogP contribution < -0.4 is 9.64 Å². The van der Waals surface area contributed by atoms with Gasteiger partial charge in [-0.15, -0.1) is 11.3 Å². The van der Waals surface area contributed by atoms with Gasteiger partial charge in [0, 0.05) is 32.2 Å². The number of thiazole rings is 1. The number of anilines is 1. The second kappa shape index (κ2) is 8.63. The molecule has 0 N–H and O–H groups in total. The Bertz CT molecular complexity index is 1030. The molecule has 5 nitrogen and oxygen atoms in total. The fourth-order valence-electron chi connectivity index (χ4n) is 4.47. The van der Waals surface area contributed by atoms with E-state index in [1.54, 1.807) is 11.3 Å². The second-order valence-corrected chi connectivity index (χ2v) is 9.27. The van der Waals surface area contributed by atoms with Gasteiger partial charge in [0.2, 0.25) is 0 Å². The zero-order valence-corrected chi connectivity index (χ0v) is 17.9. The van der Waals surface area contributed by atoms with E-state index in [9.17, 15) is 5.26 Å². The Morgan fingerprint density at radius 3 is 2.63 bits per heavy atom. The minimum Gasteiger partial charge on any atom is -0.490 e. The third-order valence-corrected chi connectivity index (χ3v) is 7.13. The van der Waals surface area contributed by atoms with E-state index < -0.39 is 0 Å². The molecule has 154 valence electrons. The average Bonchev–Trinajstić information content (AvgIpc) is 3.43. The molecule has 1 aliphatic heterocycles. The maximum absolute atomic E-state index is 9.61. The molecule has 3 aromatic rings. The van der Waals surface area contributed by atoms with Crippen LogP contribution >= 0.6 is 11.3 Å². The molecular formula is C24H26N4OS. The Balaban J connectivity index is 1.24. The number of piperazine rings is 1. The molecule has 2 fully saturated rings. The van der Waals surface area contributed by atoms with Crippen molar-refractivity contribution in [2.24, 2.45) is 0 Å². The summed E-state index contributed by atoms with van der Waals surface area (Å²) in [6, 6.07) is 16.6. The highest BCUT2D eigenvalue weighted by molar-refractivity contribution is 7.18. The molecule has 0 amide bonds. The van der Waals surface area contributed by atoms with Crippen LogP contribution in [-0.2, 0) is 6.54 Å². The lowest BCUT2D eigenvalue weighted by molar-refractivity contribution is 0.210. The van der Waals surface area contributed by atoms with E-state index in [4.69, 9.17) is 9.72 Å². The van der Waals surface area contributed by atoms with Crippen molar-refractivity contribution in [2.75, 3.05) is 31.1 Å². The molecule has 1 saturated heterocycles. The Hall–Kier alpha value is -2.62. The molecule has 1 saturated carbocycles. The smallest absolute Gasteiger partial charge is 0.121 e. The summed E-state index contributed by atoms with van der Waals surface area (Å²) >= 11 is 1.79. The predicted octanol–water partition coefficient (Wildman–Crippen LogP) is 4.81. The van der Waals surface area contributed by atoms with Crippen LogP contribution in [0.5, 0.6) is 5.75 Å². The van der Waals surface area contributed by atoms with Crippen molar-refractivity contribution >= 4 is 27.2 Å². The average molecular weight is 419 g/mol. The molecular weight excluding hydrogens is 392 g/mol. The number of fused-ring (bicyclic) bond motifs is 1. The first-order valence-corrected chi connectivity index (χ1v) is 11.6. The van der Waals surface area contributed by atoms with Gasteiger partial charge >= 0.3 is 0 Å². The van der Waals surface area contributed by atoms with Crippen molar-refractivity contribution in [1.29, 1.82) is 5.26 Å². The second-order valence-electron chi connectivity index (χ2n) is 8.15. The molecule has 30 heavy (non-hydrogen) atoms. The van der Waals surface area contributed by atoms with Gasteiger partial charge in [0.15, 0.2) is 0 Å². The van der Waals surface area contributed by atoms with Crippen LogP contribution in [0.3, 0.4) is 0 Å². The van der Waals surface area contributed by atoms with Gasteiger partial charge in [-0.25, -0.2) is 4.98 Å². The summed E-state index contributed by atoms with van der Waals surface area (Å²) < 4.78 is 7.44. The summed E-state index contributed by atoms with van der Waals surface area (Å²) in [5.74, 6) is 0.896. The summed E-state index contributed by atoms with van der Waals surface area (Å²) in [5, 5.41) is 10.8. The van der Waals surface area contributed by atoms with Crippen LogP contribution in [0.4, 0.5) is 5.69 Å². The van der Waals surface area contributed by atoms with Crippen molar-refractivity contribution in [2.45, 2.75) is 38.3 Å². The van der Waals surface area contributed by atoms with E-state index in [1.807, 2.05) is 18.2 Å². The van der Waals surface area contributed by atoms with E-state index in [0.717, 1.165) is 68.1 Å². The number of hydrogen-bond acceptors (Lipinski definition) is 6. The van der Waals surface area contributed by atoms with Gasteiger partial charge in [-0.3, -0.25) is 4.90 Å². The third kappa shape index (κ3) is 4.14. The van der Waals surface area contributed by atoms with Gasteiger partial charge in [0.25, 0.3) is 0 Å². The van der Waals surface area contributed by atoms with E-state index in [2.05, 4.69) is 40.1 Å². The maximum Gasteiger partial charge on any atom is 0.121 e. The van der Waals surface area contributed by atoms with Gasteiger partial charge < -0.3 is 9.64 Å². The van der Waals surface area contributed by atoms with Crippen LogP contribution in [0.1, 0.15) is 36.3 Å². The summed E-state index contributed by atoms with van der Waals surface area (Å²) in [6.07, 6.45) is 5.12. The van der Waals surface area contributed by atoms with Gasteiger partial charge in [-0.05, 0) is 49.9 Å². The summed E-state index contributed by atoms with van der Waals surface area (Å²) in [6.45, 7) is 4.64. The predicted molar refractivity (Wildman–Crippen MR) is 121 cm³/mol. The summed E-state index contributed by atoms with van der Waals surface area (Å²) in [4.78, 5) is 9.56. The Labute approximate surface area is 181 Å². The number of rotatable bonds is 5. The normalized spacial score (nSPS) is 18.0. The van der Waals surface area contributed by atoms with E-state index >= 15 is 0 Å². The summed E-state index contributed by atoms with van der Waals surface area (Å²) in [5.41, 5.74) is 2.83. The number of benzene rings is 2. The first-order chi connectivity index (χ1) is 14.8. The molecule has 0 atom stereocenters. The van der Waals surface area contributed by atoms with Crippen LogP contribution in [0.2, 0.25) is 0 Å². The van der Waals surface area contributed by atoms with Crippen LogP contribution in [0.15, 0.2) is 42.5 Å². The highest BCUT2D eigenvalue weighted by Gasteiger charge is 2.22. The van der Waals surface area contributed by atoms with Gasteiger partial charge in [0.05, 0.1) is 34.1 Å². The van der Waals surface area contributed by atoms with E-state index in [1.165, 1.54) is 22.5 Å². The van der Waals surface area contributed by atoms with Gasteiger partial charge in [-0.1, -0.05) is 12.1 Å². The SMILES string of the molecule is N#Cc1ccc(OC2CCCC2)cc1N1CCN(Cc2nc3ccccc3s2)CC1. The molecule has 0 bridgehead atoms. The minimum absolute atomic E-state index is 0.330. The first kappa shape index (κ1) is 19.3. The number of aromatic nitrogens is 1. The van der Waals surface area contributed by atoms with Crippen molar-refractivity contribution in [3.05, 3.63) is 53.0 Å². The summed E-state index contributed by atoms with van der Waals surface area (Å²) in [7, 11) is 0. The molecule has 2 aliphatic rings. The molecule has 0 spiro atoms. The highest BCUT2D eigenvalue weighted by Crippen LogP contribution is 2.30. The fraction of sp³-hybridized carbons (Fsp3) is 0.417. The monoisotopic (exact) mass is 418 g/mol. The maximum atomic E-state index is 9.61. The Morgan fingerprint density at radius 2 is 1.87 bits per heavy atom. The number of nitrogens with zero attached hydrogens (tertiary/aromatic N) is 4. The Kier molecular flexibility index (Phi) is 5.56. The minimum atomic E-state index is 0.330. The number of hydrogen-bond donors (Lipinski definition) is 0. The molecule has 0 radical (unpaired) electrons. The zero-order valence-electron chi connectivity index (χ0n) is 17.1. The molecule has 5 rings (SSSR count). The van der Waals surface area contributed by atoms with Crippen LogP contribution in [0.25, 0.3) is 10.2 Å². The Morgan fingerprint density at radius 1 is 1.07 bits per heavy atom. The third-order valence-electron chi connectivity index (χ3n) is 6.10. The topological polar surface area (TPSA) is 52.4 Å². The molecule has 0 unspecified atom stereocenters. The van der Waals surface area contributed by atoms with Gasteiger partial charge in [0.1, 0.15) is 16.8 Å². The highest BCUT2D eigenvalue weighted by atomic mass is 32.1. The largest absolute Gasteiger partial charge is 0.490 e. The van der Waals surface area contributed by atoms with E-state index in [0.29, 0.717) is 6.10 Å². The van der Waals surface area contributed by atoms with Crippen molar-refractivity contribution in [3.8, 4) is 11.8 Å². The lowest BCUT2D eigenvalue weighted by Gasteiger charge is -2.36. The lowest BCUT2D eigenvalue weighted by Crippen LogP contribution is -2.46. The zero-order chi connectivity index (χ0) is 20.3. The number of nitriles is 1. The molecule has 2 heterocycles. The molecule has 1 aromatic heterocycles. The molecule has 1 aliphatic carbocycles. The van der Waals surface area contributed by atoms with E-state index in [-0.39, 0.29) is 0 Å². The molecule has 6 heteroatoms. The van der Waals surface area contributed by atoms with Crippen LogP contribution in [-0.4, -0.2) is 42.2 Å². The van der Waals surface area contributed by atoms with Crippen LogP contribution in [0, 0.1) is 11.3 Å². The van der Waals surface area contributed by atoms with Crippen molar-refractivity contribution in [1.82, 2.24) is 9.88 Å². The van der Waals surface area contributed by atoms with Gasteiger partial charge in [-0.2, -0.15) is 5.26 Å². The molecule has 2 aromatic carbocycles. The standard InChI is InChI=1S/C24H26N4OS/c25-16-18-9-10-20(29-19-5-1-2-6-19)15-22(18)28-13-11-27(12-14-28)17-24-26-21-7-3-4-8-23(21)30-24/h3-4,7-10,15,19H,1-2,5-6,11-14,17H2. The van der Waals surface area contributed by atoms with Crippen molar-refractivity contribution < 1.29 is 4.74 Å². The first-order valence-electron chi connectivity index (χ1n) is 10.8. The number of ether oxygens (including phenoxy) is 1. The quantitative estimate of drug-likeness (QED) is 0.595.